The summed E-state index contributed by atoms with van der Waals surface area (Å²) >= 11 is 12.2. The standard InChI is InChI=1S/C19H16Cl2N6O3.H2S/c1-3-14(10-4-5-12(20)13(21)6-10)27-16-15(9(2)25-27)23-19(24-17(16)28)26-8-11(7-22-26)18(29)30;/h4-8,14H,3H2,1-2H3,(H,29,30)(H,23,24,28);1H2/t14-;/m0./s1. The normalized spacial score (nSPS) is 12.0. The molecule has 3 heterocycles. The van der Waals surface area contributed by atoms with Crippen molar-refractivity contribution in [3.8, 4) is 5.95 Å². The molecular formula is C19H18Cl2N6O3S. The molecule has 0 saturated heterocycles. The number of hydrogen-bond acceptors (Lipinski definition) is 5. The van der Waals surface area contributed by atoms with Crippen LogP contribution in [0.15, 0.2) is 35.4 Å². The third-order valence-electron chi connectivity index (χ3n) is 4.77. The van der Waals surface area contributed by atoms with Crippen LogP contribution in [-0.2, 0) is 0 Å². The van der Waals surface area contributed by atoms with Crippen molar-refractivity contribution in [1.82, 2.24) is 29.5 Å². The molecule has 1 atom stereocenters. The van der Waals surface area contributed by atoms with Crippen LogP contribution in [-0.4, -0.2) is 40.6 Å². The molecular weight excluding hydrogens is 463 g/mol. The Hall–Kier alpha value is -2.82. The first-order valence-corrected chi connectivity index (χ1v) is 9.78. The molecule has 12 heteroatoms. The van der Waals surface area contributed by atoms with E-state index in [0.29, 0.717) is 33.2 Å². The number of nitrogens with one attached hydrogen (secondary N) is 1. The lowest BCUT2D eigenvalue weighted by atomic mass is 10.0. The predicted molar refractivity (Wildman–Crippen MR) is 122 cm³/mol. The summed E-state index contributed by atoms with van der Waals surface area (Å²) in [5.41, 5.74) is 1.69. The van der Waals surface area contributed by atoms with Crippen molar-refractivity contribution >= 4 is 53.7 Å². The molecule has 0 unspecified atom stereocenters. The number of fused-ring (bicyclic) bond motifs is 1. The number of hydrogen-bond donors (Lipinski definition) is 2. The summed E-state index contributed by atoms with van der Waals surface area (Å²) in [6.07, 6.45) is 3.10. The summed E-state index contributed by atoms with van der Waals surface area (Å²) in [6, 6.07) is 5.05. The highest BCUT2D eigenvalue weighted by Gasteiger charge is 2.22. The van der Waals surface area contributed by atoms with Crippen molar-refractivity contribution in [3.63, 3.8) is 0 Å². The number of carboxylic acids is 1. The molecule has 0 radical (unpaired) electrons. The molecule has 0 amide bonds. The van der Waals surface area contributed by atoms with Crippen LogP contribution in [0.2, 0.25) is 10.0 Å². The number of carbonyl (C=O) groups is 1. The number of aryl methyl sites for hydroxylation is 1. The summed E-state index contributed by atoms with van der Waals surface area (Å²) in [6.45, 7) is 3.73. The third kappa shape index (κ3) is 4.06. The molecule has 0 aliphatic carbocycles. The molecule has 4 aromatic rings. The minimum Gasteiger partial charge on any atom is -0.478 e. The molecule has 0 fully saturated rings. The Balaban J connectivity index is 0.00000272. The zero-order valence-electron chi connectivity index (χ0n) is 16.4. The van der Waals surface area contributed by atoms with E-state index in [9.17, 15) is 9.59 Å². The van der Waals surface area contributed by atoms with Gasteiger partial charge in [0, 0.05) is 6.20 Å². The van der Waals surface area contributed by atoms with Gasteiger partial charge in [0.2, 0.25) is 5.95 Å². The summed E-state index contributed by atoms with van der Waals surface area (Å²) in [5, 5.41) is 18.5. The van der Waals surface area contributed by atoms with E-state index in [2.05, 4.69) is 20.2 Å². The topological polar surface area (TPSA) is 119 Å². The van der Waals surface area contributed by atoms with E-state index < -0.39 is 11.5 Å². The number of halogens is 2. The molecule has 1 aromatic carbocycles. The Morgan fingerprint density at radius 2 is 2.03 bits per heavy atom. The number of aromatic carboxylic acids is 1. The molecule has 9 nitrogen and oxygen atoms in total. The molecule has 0 aliphatic heterocycles. The first-order chi connectivity index (χ1) is 14.3. The van der Waals surface area contributed by atoms with Crippen molar-refractivity contribution in [2.75, 3.05) is 0 Å². The second kappa shape index (κ2) is 8.74. The largest absolute Gasteiger partial charge is 0.478 e. The van der Waals surface area contributed by atoms with Gasteiger partial charge in [-0.3, -0.25) is 9.78 Å². The average molecular weight is 481 g/mol. The Labute approximate surface area is 193 Å². The molecule has 0 saturated carbocycles. The van der Waals surface area contributed by atoms with E-state index >= 15 is 0 Å². The van der Waals surface area contributed by atoms with Crippen molar-refractivity contribution in [1.29, 1.82) is 0 Å². The minimum atomic E-state index is -1.12. The lowest BCUT2D eigenvalue weighted by molar-refractivity contribution is 0.0697. The van der Waals surface area contributed by atoms with Crippen LogP contribution in [0.3, 0.4) is 0 Å². The second-order valence-electron chi connectivity index (χ2n) is 6.69. The molecule has 0 aliphatic rings. The monoisotopic (exact) mass is 480 g/mol. The Kier molecular flexibility index (Phi) is 6.44. The van der Waals surface area contributed by atoms with Gasteiger partial charge in [0.1, 0.15) is 5.52 Å². The first-order valence-electron chi connectivity index (χ1n) is 9.02. The number of aromatic nitrogens is 6. The fraction of sp³-hybridized carbons (Fsp3) is 0.211. The zero-order chi connectivity index (χ0) is 21.6. The van der Waals surface area contributed by atoms with Crippen LogP contribution >= 0.6 is 36.7 Å². The van der Waals surface area contributed by atoms with Gasteiger partial charge in [-0.2, -0.15) is 23.7 Å². The fourth-order valence-electron chi connectivity index (χ4n) is 3.33. The van der Waals surface area contributed by atoms with Gasteiger partial charge in [-0.1, -0.05) is 36.2 Å². The number of carboxylic acid groups (broad SMARTS) is 1. The number of H-pyrrole nitrogens is 1. The number of rotatable bonds is 5. The number of benzene rings is 1. The van der Waals surface area contributed by atoms with Gasteiger partial charge in [-0.15, -0.1) is 0 Å². The van der Waals surface area contributed by atoms with Gasteiger partial charge >= 0.3 is 5.97 Å². The van der Waals surface area contributed by atoms with Gasteiger partial charge in [-0.25, -0.2) is 19.1 Å². The van der Waals surface area contributed by atoms with Crippen LogP contribution < -0.4 is 5.56 Å². The third-order valence-corrected chi connectivity index (χ3v) is 5.51. The SMILES string of the molecule is CC[C@@H](c1ccc(Cl)c(Cl)c1)n1nc(C)c2nc(-n3cc(C(=O)O)cn3)[nH]c(=O)c21.S. The highest BCUT2D eigenvalue weighted by atomic mass is 35.5. The van der Waals surface area contributed by atoms with E-state index in [4.69, 9.17) is 28.3 Å². The van der Waals surface area contributed by atoms with Crippen molar-refractivity contribution < 1.29 is 9.90 Å². The lowest BCUT2D eigenvalue weighted by Crippen LogP contribution is -2.20. The van der Waals surface area contributed by atoms with Crippen molar-refractivity contribution in [3.05, 3.63) is 67.8 Å². The van der Waals surface area contributed by atoms with E-state index in [-0.39, 0.29) is 31.0 Å². The van der Waals surface area contributed by atoms with E-state index in [1.54, 1.807) is 23.7 Å². The van der Waals surface area contributed by atoms with Crippen molar-refractivity contribution in [2.45, 2.75) is 26.3 Å². The van der Waals surface area contributed by atoms with Crippen LogP contribution in [0.5, 0.6) is 0 Å². The summed E-state index contributed by atoms with van der Waals surface area (Å²) in [5.74, 6) is -1.02. The molecule has 3 aromatic heterocycles. The molecule has 4 rings (SSSR count). The predicted octanol–water partition coefficient (Wildman–Crippen LogP) is 3.73. The molecule has 2 N–H and O–H groups in total. The Morgan fingerprint density at radius 3 is 2.65 bits per heavy atom. The maximum Gasteiger partial charge on any atom is 0.338 e. The van der Waals surface area contributed by atoms with E-state index in [1.807, 2.05) is 13.0 Å². The highest BCUT2D eigenvalue weighted by molar-refractivity contribution is 7.59. The Bertz CT molecular complexity index is 1350. The fourth-order valence-corrected chi connectivity index (χ4v) is 3.64. The second-order valence-corrected chi connectivity index (χ2v) is 7.51. The molecule has 162 valence electrons. The highest BCUT2D eigenvalue weighted by Crippen LogP contribution is 2.30. The van der Waals surface area contributed by atoms with Crippen LogP contribution in [0.1, 0.15) is 41.0 Å². The minimum absolute atomic E-state index is 0. The summed E-state index contributed by atoms with van der Waals surface area (Å²) < 4.78 is 2.84. The lowest BCUT2D eigenvalue weighted by Gasteiger charge is -2.17. The van der Waals surface area contributed by atoms with E-state index in [1.165, 1.54) is 17.1 Å². The van der Waals surface area contributed by atoms with Crippen LogP contribution in [0.25, 0.3) is 17.0 Å². The van der Waals surface area contributed by atoms with Gasteiger partial charge in [0.15, 0.2) is 5.52 Å². The maximum atomic E-state index is 13.0. The summed E-state index contributed by atoms with van der Waals surface area (Å²) in [4.78, 5) is 31.2. The van der Waals surface area contributed by atoms with E-state index in [0.717, 1.165) is 5.56 Å². The number of aromatic amines is 1. The van der Waals surface area contributed by atoms with Crippen LogP contribution in [0, 0.1) is 6.92 Å². The summed E-state index contributed by atoms with van der Waals surface area (Å²) in [7, 11) is 0. The van der Waals surface area contributed by atoms with Crippen molar-refractivity contribution in [2.24, 2.45) is 0 Å². The molecule has 0 bridgehead atoms. The maximum absolute atomic E-state index is 13.0. The first kappa shape index (κ1) is 22.9. The quantitative estimate of drug-likeness (QED) is 0.449. The van der Waals surface area contributed by atoms with Gasteiger partial charge in [0.05, 0.1) is 33.5 Å². The van der Waals surface area contributed by atoms with Gasteiger partial charge in [0.25, 0.3) is 5.56 Å². The van der Waals surface area contributed by atoms with Crippen LogP contribution in [0.4, 0.5) is 0 Å². The zero-order valence-corrected chi connectivity index (χ0v) is 18.9. The smallest absolute Gasteiger partial charge is 0.338 e. The van der Waals surface area contributed by atoms with Gasteiger partial charge < -0.3 is 5.11 Å². The Morgan fingerprint density at radius 1 is 1.29 bits per heavy atom. The average Bonchev–Trinajstić information content (AvgIpc) is 3.31. The molecule has 31 heavy (non-hydrogen) atoms. The van der Waals surface area contributed by atoms with Gasteiger partial charge in [-0.05, 0) is 31.0 Å². The number of nitrogens with zero attached hydrogens (tertiary/aromatic N) is 5. The molecule has 0 spiro atoms.